The average Bonchev–Trinajstić information content (AvgIpc) is 2.19. The molecule has 0 amide bonds. The molecule has 4 heteroatoms. The minimum absolute atomic E-state index is 0.0993. The normalized spacial score (nSPS) is 24.1. The molecule has 0 radical (unpaired) electrons. The SMILES string of the molecule is CC1CN(Cc2ccc(N)cc2Cl)CC(C)(C)O1. The van der Waals surface area contributed by atoms with Gasteiger partial charge >= 0.3 is 0 Å². The van der Waals surface area contributed by atoms with Gasteiger partial charge in [-0.3, -0.25) is 4.90 Å². The molecular weight excluding hydrogens is 248 g/mol. The molecular formula is C14H21ClN2O. The summed E-state index contributed by atoms with van der Waals surface area (Å²) in [6.07, 6.45) is 0.251. The van der Waals surface area contributed by atoms with Gasteiger partial charge in [-0.15, -0.1) is 0 Å². The summed E-state index contributed by atoms with van der Waals surface area (Å²) in [4.78, 5) is 2.38. The number of ether oxygens (including phenoxy) is 1. The first-order chi connectivity index (χ1) is 8.35. The lowest BCUT2D eigenvalue weighted by atomic mass is 10.0. The summed E-state index contributed by atoms with van der Waals surface area (Å²) in [5.74, 6) is 0. The van der Waals surface area contributed by atoms with E-state index in [9.17, 15) is 0 Å². The Hall–Kier alpha value is -0.770. The van der Waals surface area contributed by atoms with Crippen LogP contribution >= 0.6 is 11.6 Å². The highest BCUT2D eigenvalue weighted by Crippen LogP contribution is 2.25. The van der Waals surface area contributed by atoms with Crippen LogP contribution in [0.5, 0.6) is 0 Å². The van der Waals surface area contributed by atoms with E-state index in [2.05, 4.69) is 25.7 Å². The van der Waals surface area contributed by atoms with Crippen LogP contribution in [0, 0.1) is 0 Å². The number of hydrogen-bond acceptors (Lipinski definition) is 3. The summed E-state index contributed by atoms with van der Waals surface area (Å²) in [5.41, 5.74) is 7.44. The smallest absolute Gasteiger partial charge is 0.0757 e. The van der Waals surface area contributed by atoms with Gasteiger partial charge in [0.15, 0.2) is 0 Å². The van der Waals surface area contributed by atoms with Crippen LogP contribution in [0.25, 0.3) is 0 Å². The van der Waals surface area contributed by atoms with Crippen LogP contribution in [0.1, 0.15) is 26.3 Å². The zero-order valence-electron chi connectivity index (χ0n) is 11.2. The number of anilines is 1. The van der Waals surface area contributed by atoms with Gasteiger partial charge in [0.2, 0.25) is 0 Å². The number of nitrogens with two attached hydrogens (primary N) is 1. The molecule has 3 nitrogen and oxygen atoms in total. The van der Waals surface area contributed by atoms with Crippen molar-refractivity contribution in [3.63, 3.8) is 0 Å². The van der Waals surface area contributed by atoms with Crippen LogP contribution in [0.4, 0.5) is 5.69 Å². The van der Waals surface area contributed by atoms with Crippen molar-refractivity contribution in [3.05, 3.63) is 28.8 Å². The van der Waals surface area contributed by atoms with E-state index in [0.717, 1.165) is 30.2 Å². The van der Waals surface area contributed by atoms with Crippen LogP contribution in [0.2, 0.25) is 5.02 Å². The summed E-state index contributed by atoms with van der Waals surface area (Å²) in [5, 5.41) is 0.743. The molecule has 2 N–H and O–H groups in total. The fourth-order valence-corrected chi connectivity index (χ4v) is 2.89. The monoisotopic (exact) mass is 268 g/mol. The van der Waals surface area contributed by atoms with Crippen LogP contribution in [0.15, 0.2) is 18.2 Å². The molecule has 1 aliphatic heterocycles. The maximum absolute atomic E-state index is 6.22. The molecule has 1 aliphatic rings. The summed E-state index contributed by atoms with van der Waals surface area (Å²) >= 11 is 6.22. The Bertz CT molecular complexity index is 434. The third-order valence-electron chi connectivity index (χ3n) is 3.11. The van der Waals surface area contributed by atoms with Gasteiger partial charge in [-0.25, -0.2) is 0 Å². The van der Waals surface area contributed by atoms with Crippen LogP contribution in [-0.2, 0) is 11.3 Å². The van der Waals surface area contributed by atoms with Crippen molar-refractivity contribution in [1.29, 1.82) is 0 Å². The third-order valence-corrected chi connectivity index (χ3v) is 3.46. The van der Waals surface area contributed by atoms with Crippen molar-refractivity contribution in [2.24, 2.45) is 0 Å². The standard InChI is InChI=1S/C14H21ClN2O/c1-10-7-17(9-14(2,3)18-10)8-11-4-5-12(16)6-13(11)15/h4-6,10H,7-9,16H2,1-3H3. The molecule has 1 atom stereocenters. The summed E-state index contributed by atoms with van der Waals surface area (Å²) in [6, 6.07) is 5.72. The molecule has 1 saturated heterocycles. The Kier molecular flexibility index (Phi) is 3.85. The van der Waals surface area contributed by atoms with Crippen LogP contribution in [-0.4, -0.2) is 29.7 Å². The number of rotatable bonds is 2. The van der Waals surface area contributed by atoms with Crippen molar-refractivity contribution < 1.29 is 4.74 Å². The van der Waals surface area contributed by atoms with E-state index in [0.29, 0.717) is 5.69 Å². The maximum atomic E-state index is 6.22. The first kappa shape index (κ1) is 13.7. The second-order valence-corrected chi connectivity index (χ2v) is 6.12. The van der Waals surface area contributed by atoms with E-state index in [1.54, 1.807) is 0 Å². The number of hydrogen-bond donors (Lipinski definition) is 1. The lowest BCUT2D eigenvalue weighted by Gasteiger charge is -2.41. The van der Waals surface area contributed by atoms with Crippen molar-refractivity contribution in [2.75, 3.05) is 18.8 Å². The molecule has 1 aromatic rings. The van der Waals surface area contributed by atoms with E-state index in [4.69, 9.17) is 22.1 Å². The predicted octanol–water partition coefficient (Wildman–Crippen LogP) is 2.92. The van der Waals surface area contributed by atoms with E-state index < -0.39 is 0 Å². The van der Waals surface area contributed by atoms with Gasteiger partial charge < -0.3 is 10.5 Å². The quantitative estimate of drug-likeness (QED) is 0.839. The third kappa shape index (κ3) is 3.37. The Morgan fingerprint density at radius 3 is 2.83 bits per heavy atom. The number of nitrogens with zero attached hydrogens (tertiary/aromatic N) is 1. The predicted molar refractivity (Wildman–Crippen MR) is 75.8 cm³/mol. The molecule has 1 aromatic carbocycles. The molecule has 18 heavy (non-hydrogen) atoms. The number of morpholine rings is 1. The zero-order chi connectivity index (χ0) is 13.3. The van der Waals surface area contributed by atoms with Crippen molar-refractivity contribution in [1.82, 2.24) is 4.90 Å². The van der Waals surface area contributed by atoms with E-state index in [1.807, 2.05) is 18.2 Å². The molecule has 1 heterocycles. The Labute approximate surface area is 114 Å². The lowest BCUT2D eigenvalue weighted by molar-refractivity contribution is -0.130. The van der Waals surface area contributed by atoms with Gasteiger partial charge in [-0.1, -0.05) is 17.7 Å². The second-order valence-electron chi connectivity index (χ2n) is 5.71. The fraction of sp³-hybridized carbons (Fsp3) is 0.571. The van der Waals surface area contributed by atoms with Crippen molar-refractivity contribution >= 4 is 17.3 Å². The van der Waals surface area contributed by atoms with Crippen molar-refractivity contribution in [3.8, 4) is 0 Å². The first-order valence-electron chi connectivity index (χ1n) is 6.30. The minimum Gasteiger partial charge on any atom is -0.399 e. The van der Waals surface area contributed by atoms with Gasteiger partial charge in [-0.2, -0.15) is 0 Å². The van der Waals surface area contributed by atoms with Gasteiger partial charge in [0.25, 0.3) is 0 Å². The van der Waals surface area contributed by atoms with Crippen LogP contribution in [0.3, 0.4) is 0 Å². The summed E-state index contributed by atoms with van der Waals surface area (Å²) in [7, 11) is 0. The molecule has 0 aliphatic carbocycles. The molecule has 0 bridgehead atoms. The van der Waals surface area contributed by atoms with Gasteiger partial charge in [0.1, 0.15) is 0 Å². The summed E-state index contributed by atoms with van der Waals surface area (Å²) < 4.78 is 5.90. The Morgan fingerprint density at radius 2 is 2.22 bits per heavy atom. The van der Waals surface area contributed by atoms with Crippen molar-refractivity contribution in [2.45, 2.75) is 39.0 Å². The lowest BCUT2D eigenvalue weighted by Crippen LogP contribution is -2.51. The molecule has 2 rings (SSSR count). The van der Waals surface area contributed by atoms with Gasteiger partial charge in [0, 0.05) is 30.3 Å². The molecule has 1 fully saturated rings. The Balaban J connectivity index is 2.09. The largest absolute Gasteiger partial charge is 0.399 e. The first-order valence-corrected chi connectivity index (χ1v) is 6.67. The minimum atomic E-state index is -0.0993. The molecule has 0 saturated carbocycles. The van der Waals surface area contributed by atoms with Crippen LogP contribution < -0.4 is 5.73 Å². The van der Waals surface area contributed by atoms with E-state index in [-0.39, 0.29) is 11.7 Å². The highest BCUT2D eigenvalue weighted by Gasteiger charge is 2.31. The van der Waals surface area contributed by atoms with Gasteiger partial charge in [-0.05, 0) is 38.5 Å². The highest BCUT2D eigenvalue weighted by atomic mass is 35.5. The highest BCUT2D eigenvalue weighted by molar-refractivity contribution is 6.31. The topological polar surface area (TPSA) is 38.5 Å². The average molecular weight is 269 g/mol. The molecule has 100 valence electrons. The second kappa shape index (κ2) is 5.08. The summed E-state index contributed by atoms with van der Waals surface area (Å²) in [6.45, 7) is 9.05. The molecule has 0 spiro atoms. The van der Waals surface area contributed by atoms with Gasteiger partial charge in [0.05, 0.1) is 11.7 Å². The molecule has 1 unspecified atom stereocenters. The maximum Gasteiger partial charge on any atom is 0.0757 e. The number of nitrogen functional groups attached to an aromatic ring is 1. The fourth-order valence-electron chi connectivity index (χ4n) is 2.64. The number of benzene rings is 1. The van der Waals surface area contributed by atoms with E-state index >= 15 is 0 Å². The van der Waals surface area contributed by atoms with E-state index in [1.165, 1.54) is 0 Å². The zero-order valence-corrected chi connectivity index (χ0v) is 12.0. The molecule has 0 aromatic heterocycles. The Morgan fingerprint density at radius 1 is 1.50 bits per heavy atom. The number of halogens is 1.